The zero-order valence-electron chi connectivity index (χ0n) is 16.4. The Labute approximate surface area is 190 Å². The summed E-state index contributed by atoms with van der Waals surface area (Å²) < 4.78 is 0. The molecule has 0 heterocycles. The Balaban J connectivity index is 1.64. The molecule has 7 heteroatoms. The van der Waals surface area contributed by atoms with Gasteiger partial charge in [-0.05, 0) is 62.4 Å². The van der Waals surface area contributed by atoms with E-state index in [4.69, 9.17) is 23.2 Å². The molecular weight excluding hydrogens is 439 g/mol. The molecule has 3 aromatic rings. The molecule has 0 spiro atoms. The van der Waals surface area contributed by atoms with Crippen LogP contribution in [0.3, 0.4) is 0 Å². The van der Waals surface area contributed by atoms with Crippen LogP contribution in [0.25, 0.3) is 0 Å². The fourth-order valence-corrected chi connectivity index (χ4v) is 4.10. The Morgan fingerprint density at radius 2 is 1.70 bits per heavy atom. The van der Waals surface area contributed by atoms with Gasteiger partial charge in [0.25, 0.3) is 5.91 Å². The molecule has 154 valence electrons. The van der Waals surface area contributed by atoms with E-state index in [1.807, 2.05) is 56.3 Å². The second kappa shape index (κ2) is 10.0. The van der Waals surface area contributed by atoms with E-state index in [2.05, 4.69) is 10.6 Å². The minimum atomic E-state index is -0.375. The zero-order chi connectivity index (χ0) is 21.7. The molecule has 30 heavy (non-hydrogen) atoms. The van der Waals surface area contributed by atoms with Crippen LogP contribution in [0.15, 0.2) is 71.6 Å². The molecule has 3 rings (SSSR count). The summed E-state index contributed by atoms with van der Waals surface area (Å²) in [5.41, 5.74) is 2.80. The Bertz CT molecular complexity index is 1090. The van der Waals surface area contributed by atoms with Gasteiger partial charge in [0.1, 0.15) is 0 Å². The van der Waals surface area contributed by atoms with Gasteiger partial charge in [-0.3, -0.25) is 9.59 Å². The molecule has 0 bridgehead atoms. The number of nitrogens with one attached hydrogen (secondary N) is 2. The summed E-state index contributed by atoms with van der Waals surface area (Å²) in [6.07, 6.45) is 0. The van der Waals surface area contributed by atoms with E-state index >= 15 is 0 Å². The number of anilines is 2. The summed E-state index contributed by atoms with van der Waals surface area (Å²) in [6, 6.07) is 19.7. The Kier molecular flexibility index (Phi) is 7.43. The molecule has 0 radical (unpaired) electrons. The molecule has 2 amide bonds. The first-order valence-electron chi connectivity index (χ1n) is 9.22. The summed E-state index contributed by atoms with van der Waals surface area (Å²) in [6.45, 7) is 3.75. The van der Waals surface area contributed by atoms with Crippen molar-refractivity contribution in [1.82, 2.24) is 0 Å². The summed E-state index contributed by atoms with van der Waals surface area (Å²) in [4.78, 5) is 25.9. The van der Waals surface area contributed by atoms with Crippen LogP contribution < -0.4 is 10.6 Å². The van der Waals surface area contributed by atoms with Gasteiger partial charge in [0, 0.05) is 21.2 Å². The lowest BCUT2D eigenvalue weighted by Crippen LogP contribution is -2.22. The summed E-state index contributed by atoms with van der Waals surface area (Å²) in [5, 5.41) is 6.22. The summed E-state index contributed by atoms with van der Waals surface area (Å²) >= 11 is 13.4. The highest BCUT2D eigenvalue weighted by Gasteiger charge is 2.16. The van der Waals surface area contributed by atoms with Gasteiger partial charge in [0.05, 0.1) is 16.0 Å². The van der Waals surface area contributed by atoms with Crippen molar-refractivity contribution in [3.8, 4) is 0 Å². The van der Waals surface area contributed by atoms with Crippen molar-refractivity contribution in [2.75, 3.05) is 10.6 Å². The molecule has 4 nitrogen and oxygen atoms in total. The minimum absolute atomic E-state index is 0.177. The number of aryl methyl sites for hydroxylation is 1. The van der Waals surface area contributed by atoms with E-state index in [-0.39, 0.29) is 17.1 Å². The fourth-order valence-electron chi connectivity index (χ4n) is 2.72. The number of benzene rings is 3. The first-order chi connectivity index (χ1) is 14.3. The zero-order valence-corrected chi connectivity index (χ0v) is 18.7. The van der Waals surface area contributed by atoms with Crippen molar-refractivity contribution in [1.29, 1.82) is 0 Å². The predicted octanol–water partition coefficient (Wildman–Crippen LogP) is 6.67. The molecule has 1 atom stereocenters. The Morgan fingerprint density at radius 1 is 0.933 bits per heavy atom. The Hall–Kier alpha value is -2.47. The monoisotopic (exact) mass is 458 g/mol. The lowest BCUT2D eigenvalue weighted by Gasteiger charge is -2.14. The maximum Gasteiger partial charge on any atom is 0.255 e. The maximum atomic E-state index is 12.5. The van der Waals surface area contributed by atoms with Gasteiger partial charge < -0.3 is 10.6 Å². The van der Waals surface area contributed by atoms with Crippen molar-refractivity contribution in [3.63, 3.8) is 0 Å². The lowest BCUT2D eigenvalue weighted by molar-refractivity contribution is -0.115. The number of carbonyl (C=O) groups is 2. The van der Waals surface area contributed by atoms with Gasteiger partial charge in [-0.2, -0.15) is 0 Å². The molecule has 0 aliphatic heterocycles. The summed E-state index contributed by atoms with van der Waals surface area (Å²) in [5.74, 6) is -0.359. The number of amides is 2. The summed E-state index contributed by atoms with van der Waals surface area (Å²) in [7, 11) is 0. The third-order valence-electron chi connectivity index (χ3n) is 4.24. The van der Waals surface area contributed by atoms with Crippen LogP contribution in [0, 0.1) is 6.92 Å². The molecule has 0 saturated carbocycles. The number of thioether (sulfide) groups is 1. The highest BCUT2D eigenvalue weighted by atomic mass is 35.5. The van der Waals surface area contributed by atoms with Crippen molar-refractivity contribution in [2.45, 2.75) is 24.0 Å². The molecular formula is C23H20Cl2N2O2S. The van der Waals surface area contributed by atoms with Crippen LogP contribution in [-0.2, 0) is 4.79 Å². The minimum Gasteiger partial charge on any atom is -0.324 e. The molecule has 1 unspecified atom stereocenters. The topological polar surface area (TPSA) is 58.2 Å². The van der Waals surface area contributed by atoms with Crippen LogP contribution in [0.1, 0.15) is 22.8 Å². The number of carbonyl (C=O) groups excluding carboxylic acids is 2. The van der Waals surface area contributed by atoms with Crippen LogP contribution in [0.5, 0.6) is 0 Å². The van der Waals surface area contributed by atoms with Crippen LogP contribution in [-0.4, -0.2) is 17.1 Å². The molecule has 3 aromatic carbocycles. The molecule has 0 fully saturated rings. The van der Waals surface area contributed by atoms with Gasteiger partial charge in [0.15, 0.2) is 0 Å². The van der Waals surface area contributed by atoms with Crippen molar-refractivity contribution >= 4 is 58.2 Å². The lowest BCUT2D eigenvalue weighted by atomic mass is 10.1. The van der Waals surface area contributed by atoms with E-state index in [1.165, 1.54) is 11.8 Å². The first kappa shape index (κ1) is 22.2. The molecule has 2 N–H and O–H groups in total. The van der Waals surface area contributed by atoms with E-state index in [0.717, 1.165) is 10.5 Å². The highest BCUT2D eigenvalue weighted by Crippen LogP contribution is 2.29. The average Bonchev–Trinajstić information content (AvgIpc) is 2.70. The second-order valence-corrected chi connectivity index (χ2v) is 8.98. The van der Waals surface area contributed by atoms with Crippen molar-refractivity contribution in [2.24, 2.45) is 0 Å². The van der Waals surface area contributed by atoms with Gasteiger partial charge in [-0.25, -0.2) is 0 Å². The first-order valence-corrected chi connectivity index (χ1v) is 10.9. The van der Waals surface area contributed by atoms with Crippen molar-refractivity contribution < 1.29 is 9.59 Å². The third kappa shape index (κ3) is 6.02. The largest absolute Gasteiger partial charge is 0.324 e. The Morgan fingerprint density at radius 3 is 2.43 bits per heavy atom. The molecule has 0 aromatic heterocycles. The number of rotatable bonds is 6. The van der Waals surface area contributed by atoms with Crippen LogP contribution in [0.4, 0.5) is 11.4 Å². The van der Waals surface area contributed by atoms with Gasteiger partial charge in [-0.1, -0.05) is 47.0 Å². The van der Waals surface area contributed by atoms with Crippen LogP contribution in [0.2, 0.25) is 10.0 Å². The van der Waals surface area contributed by atoms with Gasteiger partial charge >= 0.3 is 0 Å². The standard InChI is InChI=1S/C23H20Cl2N2O2S/c1-14-5-3-6-16(11-14)23(29)26-18-7-4-8-19(13-18)30-15(2)22(28)27-21-10-9-17(24)12-20(21)25/h3-13,15H,1-2H3,(H,26,29)(H,27,28). The molecule has 0 aliphatic carbocycles. The SMILES string of the molecule is Cc1cccc(C(=O)Nc2cccc(SC(C)C(=O)Nc3ccc(Cl)cc3Cl)c2)c1. The smallest absolute Gasteiger partial charge is 0.255 e. The number of hydrogen-bond acceptors (Lipinski definition) is 3. The highest BCUT2D eigenvalue weighted by molar-refractivity contribution is 8.00. The third-order valence-corrected chi connectivity index (χ3v) is 5.88. The van der Waals surface area contributed by atoms with Crippen LogP contribution >= 0.6 is 35.0 Å². The van der Waals surface area contributed by atoms with Crippen molar-refractivity contribution in [3.05, 3.63) is 87.9 Å². The molecule has 0 aliphatic rings. The predicted molar refractivity (Wildman–Crippen MR) is 126 cm³/mol. The van der Waals surface area contributed by atoms with E-state index in [0.29, 0.717) is 27.0 Å². The van der Waals surface area contributed by atoms with E-state index in [9.17, 15) is 9.59 Å². The number of halogens is 2. The second-order valence-electron chi connectivity index (χ2n) is 6.72. The van der Waals surface area contributed by atoms with E-state index in [1.54, 1.807) is 24.3 Å². The average molecular weight is 459 g/mol. The number of hydrogen-bond donors (Lipinski definition) is 2. The quantitative estimate of drug-likeness (QED) is 0.405. The maximum absolute atomic E-state index is 12.5. The normalized spacial score (nSPS) is 11.6. The van der Waals surface area contributed by atoms with E-state index < -0.39 is 0 Å². The van der Waals surface area contributed by atoms with Gasteiger partial charge in [0.2, 0.25) is 5.91 Å². The fraction of sp³-hybridized carbons (Fsp3) is 0.130. The van der Waals surface area contributed by atoms with Gasteiger partial charge in [-0.15, -0.1) is 11.8 Å². The molecule has 0 saturated heterocycles.